The summed E-state index contributed by atoms with van der Waals surface area (Å²) in [6, 6.07) is 0. The van der Waals surface area contributed by atoms with Crippen molar-refractivity contribution in [1.82, 2.24) is 15.1 Å². The van der Waals surface area contributed by atoms with Crippen molar-refractivity contribution in [3.05, 3.63) is 17.5 Å². The molecule has 2 rings (SSSR count). The van der Waals surface area contributed by atoms with Gasteiger partial charge in [0.15, 0.2) is 0 Å². The summed E-state index contributed by atoms with van der Waals surface area (Å²) >= 11 is 0. The Morgan fingerprint density at radius 2 is 2.56 bits per heavy atom. The van der Waals surface area contributed by atoms with Crippen LogP contribution in [0, 0.1) is 6.92 Å². The number of aryl methyl sites for hydroxylation is 1. The van der Waals surface area contributed by atoms with Gasteiger partial charge in [0, 0.05) is 31.8 Å². The smallest absolute Gasteiger partial charge is 0.248 e. The predicted octanol–water partition coefficient (Wildman–Crippen LogP) is 0.680. The highest BCUT2D eigenvalue weighted by Crippen LogP contribution is 2.27. The maximum Gasteiger partial charge on any atom is 0.248 e. The third-order valence-corrected chi connectivity index (χ3v) is 3.09. The number of hydrogen-bond donors (Lipinski definition) is 1. The molecule has 1 amide bonds. The molecule has 1 aliphatic heterocycles. The first kappa shape index (κ1) is 11.1. The lowest BCUT2D eigenvalue weighted by molar-refractivity contribution is -0.134. The zero-order valence-electron chi connectivity index (χ0n) is 9.69. The van der Waals surface area contributed by atoms with Gasteiger partial charge in [-0.15, -0.1) is 0 Å². The van der Waals surface area contributed by atoms with Crippen molar-refractivity contribution in [1.29, 1.82) is 0 Å². The van der Waals surface area contributed by atoms with E-state index in [9.17, 15) is 4.79 Å². The molecule has 0 bridgehead atoms. The van der Waals surface area contributed by atoms with Crippen molar-refractivity contribution in [2.75, 3.05) is 26.8 Å². The fraction of sp³-hybridized carbons (Fsp3) is 0.636. The molecule has 0 aromatic carbocycles. The van der Waals surface area contributed by atoms with Crippen LogP contribution in [-0.2, 0) is 9.53 Å². The quantitative estimate of drug-likeness (QED) is 0.819. The summed E-state index contributed by atoms with van der Waals surface area (Å²) in [7, 11) is 1.55. The molecule has 1 unspecified atom stereocenters. The number of aromatic nitrogens is 2. The molecule has 1 atom stereocenters. The highest BCUT2D eigenvalue weighted by Gasteiger charge is 2.28. The topological polar surface area (TPSA) is 58.2 Å². The summed E-state index contributed by atoms with van der Waals surface area (Å²) in [4.78, 5) is 13.5. The molecule has 5 heteroatoms. The van der Waals surface area contributed by atoms with Crippen LogP contribution in [0.25, 0.3) is 0 Å². The Bertz CT molecular complexity index is 375. The second-order valence-electron chi connectivity index (χ2n) is 4.23. The number of ether oxygens (including phenoxy) is 1. The summed E-state index contributed by atoms with van der Waals surface area (Å²) in [5, 5.41) is 7.04. The van der Waals surface area contributed by atoms with Crippen LogP contribution in [-0.4, -0.2) is 47.8 Å². The minimum absolute atomic E-state index is 0.0715. The largest absolute Gasteiger partial charge is 0.375 e. The molecule has 1 aromatic rings. The summed E-state index contributed by atoms with van der Waals surface area (Å²) < 4.78 is 4.85. The van der Waals surface area contributed by atoms with Crippen molar-refractivity contribution >= 4 is 5.91 Å². The van der Waals surface area contributed by atoms with E-state index >= 15 is 0 Å². The molecule has 1 fully saturated rings. The number of carbonyl (C=O) groups is 1. The highest BCUT2D eigenvalue weighted by molar-refractivity contribution is 5.77. The van der Waals surface area contributed by atoms with E-state index in [1.807, 2.05) is 18.0 Å². The Labute approximate surface area is 94.8 Å². The summed E-state index contributed by atoms with van der Waals surface area (Å²) in [5.74, 6) is 0.463. The number of nitrogens with zero attached hydrogens (tertiary/aromatic N) is 2. The molecule has 16 heavy (non-hydrogen) atoms. The number of nitrogens with one attached hydrogen (secondary N) is 1. The summed E-state index contributed by atoms with van der Waals surface area (Å²) in [5.41, 5.74) is 2.33. The van der Waals surface area contributed by atoms with Crippen molar-refractivity contribution < 1.29 is 9.53 Å². The average Bonchev–Trinajstić information content (AvgIpc) is 2.86. The van der Waals surface area contributed by atoms with Crippen molar-refractivity contribution in [2.45, 2.75) is 19.3 Å². The van der Waals surface area contributed by atoms with Crippen LogP contribution in [0.4, 0.5) is 0 Å². The van der Waals surface area contributed by atoms with Crippen LogP contribution in [0.3, 0.4) is 0 Å². The van der Waals surface area contributed by atoms with Gasteiger partial charge in [-0.05, 0) is 18.9 Å². The van der Waals surface area contributed by atoms with Gasteiger partial charge in [-0.1, -0.05) is 0 Å². The minimum Gasteiger partial charge on any atom is -0.375 e. The molecule has 0 aliphatic carbocycles. The van der Waals surface area contributed by atoms with Gasteiger partial charge in [0.25, 0.3) is 0 Å². The first-order valence-electron chi connectivity index (χ1n) is 5.49. The fourth-order valence-electron chi connectivity index (χ4n) is 2.21. The van der Waals surface area contributed by atoms with Gasteiger partial charge in [0.1, 0.15) is 6.61 Å². The minimum atomic E-state index is 0.0715. The summed E-state index contributed by atoms with van der Waals surface area (Å²) in [6.07, 6.45) is 2.83. The maximum absolute atomic E-state index is 11.6. The van der Waals surface area contributed by atoms with E-state index in [0.717, 1.165) is 25.2 Å². The van der Waals surface area contributed by atoms with Crippen molar-refractivity contribution in [3.8, 4) is 0 Å². The fourth-order valence-corrected chi connectivity index (χ4v) is 2.21. The standard InChI is InChI=1S/C11H17N3O2/c1-8-5-12-13-11(8)9-3-4-14(6-9)10(15)7-16-2/h5,9H,3-4,6-7H2,1-2H3,(H,12,13). The highest BCUT2D eigenvalue weighted by atomic mass is 16.5. The zero-order chi connectivity index (χ0) is 11.5. The average molecular weight is 223 g/mol. The molecule has 1 aliphatic rings. The van der Waals surface area contributed by atoms with E-state index in [1.54, 1.807) is 7.11 Å². The van der Waals surface area contributed by atoms with Gasteiger partial charge in [0.2, 0.25) is 5.91 Å². The molecule has 2 heterocycles. The first-order chi connectivity index (χ1) is 7.72. The van der Waals surface area contributed by atoms with E-state index in [1.165, 1.54) is 5.56 Å². The van der Waals surface area contributed by atoms with Crippen LogP contribution in [0.1, 0.15) is 23.6 Å². The van der Waals surface area contributed by atoms with Gasteiger partial charge >= 0.3 is 0 Å². The molecule has 5 nitrogen and oxygen atoms in total. The Morgan fingerprint density at radius 1 is 1.75 bits per heavy atom. The number of carbonyl (C=O) groups excluding carboxylic acids is 1. The monoisotopic (exact) mass is 223 g/mol. The van der Waals surface area contributed by atoms with Crippen molar-refractivity contribution in [3.63, 3.8) is 0 Å². The molecule has 1 saturated heterocycles. The molecule has 1 aromatic heterocycles. The Balaban J connectivity index is 1.98. The number of amides is 1. The number of rotatable bonds is 3. The van der Waals surface area contributed by atoms with Crippen LogP contribution >= 0.6 is 0 Å². The van der Waals surface area contributed by atoms with Gasteiger partial charge in [-0.2, -0.15) is 5.10 Å². The van der Waals surface area contributed by atoms with Gasteiger partial charge in [0.05, 0.1) is 6.20 Å². The van der Waals surface area contributed by atoms with Crippen LogP contribution < -0.4 is 0 Å². The van der Waals surface area contributed by atoms with E-state index in [-0.39, 0.29) is 12.5 Å². The molecular weight excluding hydrogens is 206 g/mol. The van der Waals surface area contributed by atoms with E-state index in [2.05, 4.69) is 10.2 Å². The van der Waals surface area contributed by atoms with Crippen molar-refractivity contribution in [2.24, 2.45) is 0 Å². The van der Waals surface area contributed by atoms with Gasteiger partial charge < -0.3 is 9.64 Å². The molecule has 88 valence electrons. The number of methoxy groups -OCH3 is 1. The maximum atomic E-state index is 11.6. The molecule has 0 spiro atoms. The first-order valence-corrected chi connectivity index (χ1v) is 5.49. The lowest BCUT2D eigenvalue weighted by atomic mass is 10.0. The number of hydrogen-bond acceptors (Lipinski definition) is 3. The van der Waals surface area contributed by atoms with Crippen LogP contribution in [0.2, 0.25) is 0 Å². The lowest BCUT2D eigenvalue weighted by Gasteiger charge is -2.15. The zero-order valence-corrected chi connectivity index (χ0v) is 9.69. The third-order valence-electron chi connectivity index (χ3n) is 3.09. The summed E-state index contributed by atoms with van der Waals surface area (Å²) in [6.45, 7) is 3.80. The second kappa shape index (κ2) is 4.65. The van der Waals surface area contributed by atoms with Crippen LogP contribution in [0.5, 0.6) is 0 Å². The van der Waals surface area contributed by atoms with Gasteiger partial charge in [-0.25, -0.2) is 0 Å². The van der Waals surface area contributed by atoms with E-state index < -0.39 is 0 Å². The Hall–Kier alpha value is -1.36. The lowest BCUT2D eigenvalue weighted by Crippen LogP contribution is -2.31. The number of H-pyrrole nitrogens is 1. The second-order valence-corrected chi connectivity index (χ2v) is 4.23. The Morgan fingerprint density at radius 3 is 3.19 bits per heavy atom. The van der Waals surface area contributed by atoms with E-state index in [0.29, 0.717) is 5.92 Å². The van der Waals surface area contributed by atoms with E-state index in [4.69, 9.17) is 4.74 Å². The van der Waals surface area contributed by atoms with Crippen LogP contribution in [0.15, 0.2) is 6.20 Å². The third kappa shape index (κ3) is 2.09. The SMILES string of the molecule is COCC(=O)N1CCC(c2[nH]ncc2C)C1. The molecule has 0 radical (unpaired) electrons. The Kier molecular flexibility index (Phi) is 3.24. The van der Waals surface area contributed by atoms with Gasteiger partial charge in [-0.3, -0.25) is 9.89 Å². The molecule has 1 N–H and O–H groups in total. The molecular formula is C11H17N3O2. The molecule has 0 saturated carbocycles. The number of likely N-dealkylation sites (tertiary alicyclic amines) is 1. The normalized spacial score (nSPS) is 20.4. The predicted molar refractivity (Wildman–Crippen MR) is 59.1 cm³/mol. The number of aromatic amines is 1.